The highest BCUT2D eigenvalue weighted by Crippen LogP contribution is 2.20. The summed E-state index contributed by atoms with van der Waals surface area (Å²) in [6, 6.07) is 3.72. The second kappa shape index (κ2) is 4.47. The van der Waals surface area contributed by atoms with E-state index in [2.05, 4.69) is 0 Å². The van der Waals surface area contributed by atoms with Crippen molar-refractivity contribution in [3.63, 3.8) is 0 Å². The largest absolute Gasteiger partial charge is 0.300 e. The van der Waals surface area contributed by atoms with Crippen LogP contribution in [0.15, 0.2) is 18.2 Å². The first-order chi connectivity index (χ1) is 6.93. The molecule has 0 bridgehead atoms. The summed E-state index contributed by atoms with van der Waals surface area (Å²) < 4.78 is 37.3. The van der Waals surface area contributed by atoms with Crippen LogP contribution in [0.4, 0.5) is 13.2 Å². The van der Waals surface area contributed by atoms with E-state index in [1.54, 1.807) is 0 Å². The molecule has 1 aromatic carbocycles. The maximum atomic E-state index is 13.1. The van der Waals surface area contributed by atoms with Crippen molar-refractivity contribution < 1.29 is 18.0 Å². The number of ketones is 1. The number of carbonyl (C=O) groups excluding carboxylic acids is 1. The number of hydrogen-bond acceptors (Lipinski definition) is 1. The van der Waals surface area contributed by atoms with Gasteiger partial charge in [0.25, 0.3) is 0 Å². The SMILES string of the molecule is CC(C)c1ccc(F)c(C(=O)C(F)F)c1. The number of rotatable bonds is 3. The summed E-state index contributed by atoms with van der Waals surface area (Å²) in [5.41, 5.74) is 0.136. The zero-order chi connectivity index (χ0) is 11.6. The average Bonchev–Trinajstić information content (AvgIpc) is 2.16. The first kappa shape index (κ1) is 11.8. The van der Waals surface area contributed by atoms with Crippen LogP contribution in [0.2, 0.25) is 0 Å². The van der Waals surface area contributed by atoms with Gasteiger partial charge in [-0.2, -0.15) is 0 Å². The van der Waals surface area contributed by atoms with Gasteiger partial charge < -0.3 is 0 Å². The summed E-state index contributed by atoms with van der Waals surface area (Å²) >= 11 is 0. The minimum atomic E-state index is -3.16. The fraction of sp³-hybridized carbons (Fsp3) is 0.364. The molecule has 82 valence electrons. The molecule has 0 aliphatic heterocycles. The summed E-state index contributed by atoms with van der Waals surface area (Å²) in [5, 5.41) is 0. The molecule has 0 amide bonds. The van der Waals surface area contributed by atoms with Crippen LogP contribution in [0.3, 0.4) is 0 Å². The predicted molar refractivity (Wildman–Crippen MR) is 50.8 cm³/mol. The number of Topliss-reactive ketones (excluding diaryl/α,β-unsaturated/α-hetero) is 1. The summed E-state index contributed by atoms with van der Waals surface area (Å²) in [7, 11) is 0. The molecule has 1 nitrogen and oxygen atoms in total. The van der Waals surface area contributed by atoms with Crippen molar-refractivity contribution in [2.75, 3.05) is 0 Å². The van der Waals surface area contributed by atoms with E-state index in [1.165, 1.54) is 12.1 Å². The third-order valence-corrected chi connectivity index (χ3v) is 2.12. The van der Waals surface area contributed by atoms with Gasteiger partial charge in [-0.3, -0.25) is 4.79 Å². The molecule has 0 aromatic heterocycles. The number of hydrogen-bond donors (Lipinski definition) is 0. The predicted octanol–water partition coefficient (Wildman–Crippen LogP) is 3.40. The summed E-state index contributed by atoms with van der Waals surface area (Å²) in [4.78, 5) is 11.0. The van der Waals surface area contributed by atoms with Gasteiger partial charge in [0.05, 0.1) is 5.56 Å². The Labute approximate surface area is 85.9 Å². The lowest BCUT2D eigenvalue weighted by atomic mass is 9.99. The molecule has 15 heavy (non-hydrogen) atoms. The molecule has 0 radical (unpaired) electrons. The van der Waals surface area contributed by atoms with E-state index in [9.17, 15) is 18.0 Å². The second-order valence-electron chi connectivity index (χ2n) is 3.56. The Balaban J connectivity index is 3.16. The lowest BCUT2D eigenvalue weighted by Gasteiger charge is -2.08. The Bertz CT molecular complexity index is 372. The first-order valence-electron chi connectivity index (χ1n) is 4.55. The van der Waals surface area contributed by atoms with Gasteiger partial charge in [-0.25, -0.2) is 13.2 Å². The van der Waals surface area contributed by atoms with E-state index in [4.69, 9.17) is 0 Å². The molecule has 1 rings (SSSR count). The maximum Gasteiger partial charge on any atom is 0.300 e. The molecule has 0 aliphatic carbocycles. The molecule has 0 heterocycles. The standard InChI is InChI=1S/C11H11F3O/c1-6(2)7-3-4-9(12)8(5-7)10(15)11(13)14/h3-6,11H,1-2H3. The molecule has 0 N–H and O–H groups in total. The van der Waals surface area contributed by atoms with Gasteiger partial charge in [0, 0.05) is 0 Å². The zero-order valence-corrected chi connectivity index (χ0v) is 8.43. The molecule has 0 saturated heterocycles. The monoisotopic (exact) mass is 216 g/mol. The van der Waals surface area contributed by atoms with Crippen LogP contribution in [0.5, 0.6) is 0 Å². The van der Waals surface area contributed by atoms with E-state index in [-0.39, 0.29) is 5.92 Å². The van der Waals surface area contributed by atoms with E-state index < -0.39 is 23.6 Å². The van der Waals surface area contributed by atoms with Gasteiger partial charge in [-0.15, -0.1) is 0 Å². The quantitative estimate of drug-likeness (QED) is 0.708. The topological polar surface area (TPSA) is 17.1 Å². The molecule has 4 heteroatoms. The minimum absolute atomic E-state index is 0.0647. The molecule has 0 saturated carbocycles. The van der Waals surface area contributed by atoms with Crippen molar-refractivity contribution in [2.24, 2.45) is 0 Å². The van der Waals surface area contributed by atoms with Crippen LogP contribution >= 0.6 is 0 Å². The zero-order valence-electron chi connectivity index (χ0n) is 8.43. The van der Waals surface area contributed by atoms with Crippen LogP contribution in [0.25, 0.3) is 0 Å². The maximum absolute atomic E-state index is 13.1. The van der Waals surface area contributed by atoms with Crippen LogP contribution in [0, 0.1) is 5.82 Å². The fourth-order valence-electron chi connectivity index (χ4n) is 1.21. The van der Waals surface area contributed by atoms with Crippen molar-refractivity contribution in [1.29, 1.82) is 0 Å². The van der Waals surface area contributed by atoms with Gasteiger partial charge >= 0.3 is 6.43 Å². The molecule has 0 unspecified atom stereocenters. The van der Waals surface area contributed by atoms with Crippen LogP contribution in [0.1, 0.15) is 35.7 Å². The van der Waals surface area contributed by atoms with E-state index in [1.807, 2.05) is 13.8 Å². The molecule has 0 spiro atoms. The van der Waals surface area contributed by atoms with Gasteiger partial charge in [-0.1, -0.05) is 19.9 Å². The van der Waals surface area contributed by atoms with Crippen LogP contribution < -0.4 is 0 Å². The van der Waals surface area contributed by atoms with Gasteiger partial charge in [0.2, 0.25) is 5.78 Å². The highest BCUT2D eigenvalue weighted by Gasteiger charge is 2.21. The van der Waals surface area contributed by atoms with Gasteiger partial charge in [-0.05, 0) is 23.6 Å². The Morgan fingerprint density at radius 2 is 1.87 bits per heavy atom. The summed E-state index contributed by atoms with van der Waals surface area (Å²) in [6.45, 7) is 3.67. The van der Waals surface area contributed by atoms with Crippen molar-refractivity contribution >= 4 is 5.78 Å². The normalized spacial score (nSPS) is 11.1. The molecule has 0 fully saturated rings. The van der Waals surface area contributed by atoms with Crippen LogP contribution in [-0.2, 0) is 0 Å². The van der Waals surface area contributed by atoms with E-state index in [0.717, 1.165) is 6.07 Å². The number of alkyl halides is 2. The van der Waals surface area contributed by atoms with E-state index in [0.29, 0.717) is 5.56 Å². The van der Waals surface area contributed by atoms with Crippen molar-refractivity contribution in [3.05, 3.63) is 35.1 Å². The number of benzene rings is 1. The smallest absolute Gasteiger partial charge is 0.288 e. The minimum Gasteiger partial charge on any atom is -0.288 e. The summed E-state index contributed by atoms with van der Waals surface area (Å²) in [6.07, 6.45) is -3.16. The highest BCUT2D eigenvalue weighted by molar-refractivity contribution is 5.98. The Morgan fingerprint density at radius 1 is 1.27 bits per heavy atom. The average molecular weight is 216 g/mol. The number of carbonyl (C=O) groups is 1. The van der Waals surface area contributed by atoms with Crippen molar-refractivity contribution in [2.45, 2.75) is 26.2 Å². The molecule has 1 aromatic rings. The molecule has 0 atom stereocenters. The number of halogens is 3. The second-order valence-corrected chi connectivity index (χ2v) is 3.56. The van der Waals surface area contributed by atoms with Gasteiger partial charge in [0.15, 0.2) is 0 Å². The Morgan fingerprint density at radius 3 is 2.33 bits per heavy atom. The molecule has 0 aliphatic rings. The fourth-order valence-corrected chi connectivity index (χ4v) is 1.21. The van der Waals surface area contributed by atoms with Crippen molar-refractivity contribution in [1.82, 2.24) is 0 Å². The third kappa shape index (κ3) is 2.58. The van der Waals surface area contributed by atoms with Crippen LogP contribution in [-0.4, -0.2) is 12.2 Å². The summed E-state index contributed by atoms with van der Waals surface area (Å²) in [5.74, 6) is -2.30. The van der Waals surface area contributed by atoms with Gasteiger partial charge in [0.1, 0.15) is 5.82 Å². The van der Waals surface area contributed by atoms with Crippen molar-refractivity contribution in [3.8, 4) is 0 Å². The molecular weight excluding hydrogens is 205 g/mol. The lowest BCUT2D eigenvalue weighted by molar-refractivity contribution is 0.0674. The Hall–Kier alpha value is -1.32. The highest BCUT2D eigenvalue weighted by atomic mass is 19.3. The molecular formula is C11H11F3O. The Kier molecular flexibility index (Phi) is 3.50. The van der Waals surface area contributed by atoms with E-state index >= 15 is 0 Å². The lowest BCUT2D eigenvalue weighted by Crippen LogP contribution is -2.12. The third-order valence-electron chi connectivity index (χ3n) is 2.12. The first-order valence-corrected chi connectivity index (χ1v) is 4.55.